The van der Waals surface area contributed by atoms with Crippen molar-refractivity contribution in [2.24, 2.45) is 0 Å². The van der Waals surface area contributed by atoms with Gasteiger partial charge in [-0.1, -0.05) is 0 Å². The van der Waals surface area contributed by atoms with Crippen LogP contribution in [0.25, 0.3) is 0 Å². The van der Waals surface area contributed by atoms with E-state index in [2.05, 4.69) is 16.4 Å². The number of carbonyl (C=O) groups excluding carboxylic acids is 1. The highest BCUT2D eigenvalue weighted by Gasteiger charge is 2.10. The van der Waals surface area contributed by atoms with E-state index in [-0.39, 0.29) is 12.0 Å². The van der Waals surface area contributed by atoms with E-state index in [0.29, 0.717) is 22.6 Å². The summed E-state index contributed by atoms with van der Waals surface area (Å²) in [5.41, 5.74) is 1.38. The molecule has 2 rings (SSSR count). The minimum absolute atomic E-state index is 0.0204. The van der Waals surface area contributed by atoms with Crippen LogP contribution in [-0.2, 0) is 0 Å². The Morgan fingerprint density at radius 2 is 2.19 bits per heavy atom. The fourth-order valence-corrected chi connectivity index (χ4v) is 1.75. The molecule has 1 amide bonds. The molecule has 0 saturated carbocycles. The molecule has 5 nitrogen and oxygen atoms in total. The maximum Gasteiger partial charge on any atom is 0.257 e. The van der Waals surface area contributed by atoms with E-state index < -0.39 is 0 Å². The molecule has 1 aromatic heterocycles. The maximum absolute atomic E-state index is 12.0. The molecule has 5 heteroatoms. The summed E-state index contributed by atoms with van der Waals surface area (Å²) >= 11 is 0. The number of hydrogen-bond acceptors (Lipinski definition) is 4. The highest BCUT2D eigenvalue weighted by atomic mass is 16.5. The molecular formula is C16H15N3O2. The van der Waals surface area contributed by atoms with Gasteiger partial charge in [-0.2, -0.15) is 5.26 Å². The Morgan fingerprint density at radius 1 is 1.38 bits per heavy atom. The van der Waals surface area contributed by atoms with Crippen LogP contribution in [0.4, 0.5) is 5.69 Å². The second kappa shape index (κ2) is 6.53. The quantitative estimate of drug-likeness (QED) is 0.934. The van der Waals surface area contributed by atoms with E-state index in [0.717, 1.165) is 0 Å². The molecule has 0 unspecified atom stereocenters. The molecule has 106 valence electrons. The van der Waals surface area contributed by atoms with Crippen LogP contribution < -0.4 is 10.1 Å². The second-order valence-electron chi connectivity index (χ2n) is 4.69. The Balaban J connectivity index is 2.18. The van der Waals surface area contributed by atoms with Gasteiger partial charge in [-0.15, -0.1) is 0 Å². The molecule has 0 spiro atoms. The van der Waals surface area contributed by atoms with Gasteiger partial charge in [0.1, 0.15) is 11.8 Å². The van der Waals surface area contributed by atoms with Crippen molar-refractivity contribution < 1.29 is 9.53 Å². The van der Waals surface area contributed by atoms with Gasteiger partial charge >= 0.3 is 0 Å². The number of aromatic nitrogens is 1. The third-order valence-corrected chi connectivity index (χ3v) is 2.64. The summed E-state index contributed by atoms with van der Waals surface area (Å²) in [5.74, 6) is 0.233. The Morgan fingerprint density at radius 3 is 2.81 bits per heavy atom. The average Bonchev–Trinajstić information content (AvgIpc) is 2.49. The first-order chi connectivity index (χ1) is 10.1. The number of hydrogen-bond donors (Lipinski definition) is 1. The molecule has 2 aromatic rings. The first-order valence-corrected chi connectivity index (χ1v) is 6.52. The Labute approximate surface area is 123 Å². The minimum Gasteiger partial charge on any atom is -0.490 e. The standard InChI is InChI=1S/C16H15N3O2/c1-11(2)21-15-6-5-14(8-13(15)9-17)19-16(20)12-4-3-7-18-10-12/h3-8,10-11H,1-2H3,(H,19,20). The molecule has 0 radical (unpaired) electrons. The van der Waals surface area contributed by atoms with Gasteiger partial charge in [-0.25, -0.2) is 0 Å². The van der Waals surface area contributed by atoms with Gasteiger partial charge in [-0.3, -0.25) is 9.78 Å². The van der Waals surface area contributed by atoms with E-state index in [4.69, 9.17) is 10.00 Å². The summed E-state index contributed by atoms with van der Waals surface area (Å²) in [6, 6.07) is 10.4. The van der Waals surface area contributed by atoms with Crippen LogP contribution in [0.2, 0.25) is 0 Å². The highest BCUT2D eigenvalue weighted by molar-refractivity contribution is 6.04. The fraction of sp³-hybridized carbons (Fsp3) is 0.188. The van der Waals surface area contributed by atoms with Gasteiger partial charge in [0.2, 0.25) is 0 Å². The average molecular weight is 281 g/mol. The number of carbonyl (C=O) groups is 1. The molecule has 0 aliphatic heterocycles. The van der Waals surface area contributed by atoms with E-state index in [9.17, 15) is 4.79 Å². The van der Waals surface area contributed by atoms with Gasteiger partial charge in [0, 0.05) is 18.1 Å². The monoisotopic (exact) mass is 281 g/mol. The smallest absolute Gasteiger partial charge is 0.257 e. The van der Waals surface area contributed by atoms with E-state index in [1.807, 2.05) is 13.8 Å². The third kappa shape index (κ3) is 3.80. The van der Waals surface area contributed by atoms with E-state index >= 15 is 0 Å². The molecule has 21 heavy (non-hydrogen) atoms. The van der Waals surface area contributed by atoms with Crippen LogP contribution in [0.3, 0.4) is 0 Å². The Hall–Kier alpha value is -2.87. The van der Waals surface area contributed by atoms with Gasteiger partial charge in [0.15, 0.2) is 0 Å². The number of nitriles is 1. The van der Waals surface area contributed by atoms with Crippen LogP contribution >= 0.6 is 0 Å². The summed E-state index contributed by atoms with van der Waals surface area (Å²) in [5, 5.41) is 11.9. The molecular weight excluding hydrogens is 266 g/mol. The van der Waals surface area contributed by atoms with E-state index in [1.165, 1.54) is 6.20 Å². The SMILES string of the molecule is CC(C)Oc1ccc(NC(=O)c2cccnc2)cc1C#N. The van der Waals surface area contributed by atoms with Crippen LogP contribution in [0.15, 0.2) is 42.7 Å². The number of nitrogens with one attached hydrogen (secondary N) is 1. The Kier molecular flexibility index (Phi) is 4.52. The van der Waals surface area contributed by atoms with Gasteiger partial charge < -0.3 is 10.1 Å². The molecule has 0 aliphatic carbocycles. The van der Waals surface area contributed by atoms with Crippen molar-refractivity contribution in [1.82, 2.24) is 4.98 Å². The zero-order valence-electron chi connectivity index (χ0n) is 11.8. The number of benzene rings is 1. The topological polar surface area (TPSA) is 75.0 Å². The summed E-state index contributed by atoms with van der Waals surface area (Å²) in [6.45, 7) is 3.78. The molecule has 0 fully saturated rings. The molecule has 1 heterocycles. The lowest BCUT2D eigenvalue weighted by atomic mass is 10.2. The van der Waals surface area contributed by atoms with Crippen LogP contribution in [-0.4, -0.2) is 17.0 Å². The van der Waals surface area contributed by atoms with Crippen molar-refractivity contribution in [2.45, 2.75) is 20.0 Å². The second-order valence-corrected chi connectivity index (χ2v) is 4.69. The van der Waals surface area contributed by atoms with Crippen molar-refractivity contribution >= 4 is 11.6 Å². The van der Waals surface area contributed by atoms with Crippen LogP contribution in [0.1, 0.15) is 29.8 Å². The van der Waals surface area contributed by atoms with Crippen molar-refractivity contribution in [3.05, 3.63) is 53.9 Å². The number of amides is 1. The molecule has 0 bridgehead atoms. The minimum atomic E-state index is -0.274. The summed E-state index contributed by atoms with van der Waals surface area (Å²) in [6.07, 6.45) is 3.06. The molecule has 0 atom stereocenters. The maximum atomic E-state index is 12.0. The number of nitrogens with zero attached hydrogens (tertiary/aromatic N) is 2. The van der Waals surface area contributed by atoms with Crippen molar-refractivity contribution in [3.63, 3.8) is 0 Å². The summed E-state index contributed by atoms with van der Waals surface area (Å²) in [4.78, 5) is 15.9. The largest absolute Gasteiger partial charge is 0.490 e. The molecule has 0 saturated heterocycles. The van der Waals surface area contributed by atoms with Crippen molar-refractivity contribution in [3.8, 4) is 11.8 Å². The first-order valence-electron chi connectivity index (χ1n) is 6.52. The highest BCUT2D eigenvalue weighted by Crippen LogP contribution is 2.23. The van der Waals surface area contributed by atoms with Crippen LogP contribution in [0.5, 0.6) is 5.75 Å². The number of anilines is 1. The predicted octanol–water partition coefficient (Wildman–Crippen LogP) is 2.99. The van der Waals surface area contributed by atoms with Crippen LogP contribution in [0, 0.1) is 11.3 Å². The predicted molar refractivity (Wildman–Crippen MR) is 79.1 cm³/mol. The summed E-state index contributed by atoms with van der Waals surface area (Å²) in [7, 11) is 0. The zero-order valence-corrected chi connectivity index (χ0v) is 11.8. The zero-order chi connectivity index (χ0) is 15.2. The normalized spacial score (nSPS) is 10.0. The summed E-state index contributed by atoms with van der Waals surface area (Å²) < 4.78 is 5.54. The lowest BCUT2D eigenvalue weighted by Gasteiger charge is -2.12. The van der Waals surface area contributed by atoms with E-state index in [1.54, 1.807) is 36.5 Å². The number of rotatable bonds is 4. The molecule has 1 N–H and O–H groups in total. The Bertz CT molecular complexity index is 676. The number of pyridine rings is 1. The molecule has 0 aliphatic rings. The lowest BCUT2D eigenvalue weighted by Crippen LogP contribution is -2.12. The van der Waals surface area contributed by atoms with Gasteiger partial charge in [0.25, 0.3) is 5.91 Å². The number of ether oxygens (including phenoxy) is 1. The molecule has 1 aromatic carbocycles. The van der Waals surface area contributed by atoms with Gasteiger partial charge in [0.05, 0.1) is 17.2 Å². The third-order valence-electron chi connectivity index (χ3n) is 2.64. The van der Waals surface area contributed by atoms with Gasteiger partial charge in [-0.05, 0) is 44.2 Å². The fourth-order valence-electron chi connectivity index (χ4n) is 1.75. The van der Waals surface area contributed by atoms with Crippen molar-refractivity contribution in [2.75, 3.05) is 5.32 Å². The van der Waals surface area contributed by atoms with Crippen molar-refractivity contribution in [1.29, 1.82) is 5.26 Å². The lowest BCUT2D eigenvalue weighted by molar-refractivity contribution is 0.102. The first kappa shape index (κ1) is 14.5.